The number of furan rings is 4. The Labute approximate surface area is 875 Å². The Bertz CT molecular complexity index is 11300. The van der Waals surface area contributed by atoms with Gasteiger partial charge in [-0.1, -0.05) is 461 Å². The van der Waals surface area contributed by atoms with Gasteiger partial charge >= 0.3 is 0 Å². The highest BCUT2D eigenvalue weighted by molar-refractivity contribution is 6.27. The van der Waals surface area contributed by atoms with Crippen molar-refractivity contribution in [3.63, 3.8) is 0 Å². The lowest BCUT2D eigenvalue weighted by atomic mass is 9.84. The number of hydrogen-bond acceptors (Lipinski definition) is 4. The Morgan fingerprint density at radius 3 is 0.804 bits per heavy atom. The van der Waals surface area contributed by atoms with Crippen LogP contribution in [0.25, 0.3) is 297 Å². The molecule has 0 atom stereocenters. The molecule has 4 nitrogen and oxygen atoms in total. The Morgan fingerprint density at radius 2 is 0.372 bits per heavy atom. The van der Waals surface area contributed by atoms with Gasteiger partial charge in [0, 0.05) is 54.2 Å². The van der Waals surface area contributed by atoms with E-state index in [1.165, 1.54) is 0 Å². The summed E-state index contributed by atoms with van der Waals surface area (Å²) in [6.45, 7) is 0. The van der Waals surface area contributed by atoms with Crippen LogP contribution in [0.4, 0.5) is 0 Å². The maximum absolute atomic E-state index is 8.96. The summed E-state index contributed by atoms with van der Waals surface area (Å²) in [5, 5.41) is 18.8. The van der Waals surface area contributed by atoms with Crippen LogP contribution < -0.4 is 0 Å². The van der Waals surface area contributed by atoms with Crippen molar-refractivity contribution in [3.8, 4) is 145 Å². The maximum atomic E-state index is 8.96. The zero-order valence-corrected chi connectivity index (χ0v) is 79.4. The standard InChI is InChI=1S/C50H30O2.C50H32O.C44H28O/c1-2-13-31(14-3-1)47-37-18-4-6-20-39(37)48(40-21-7-5-19-38(40)47)33-15-12-16-34(29-33)49-35(26-28-46-50(49)41-22-9-11-24-44(41)52-46)32-25-27-45-42(30-32)36-17-8-10-23-43(36)51-45;1-3-16-33(17-4-1)37-22-7-8-23-38(37)43-30-31-46-50(44-28-13-14-29-45(44)51-46)49(43)36-21-15-20-35(32-36)48-41-26-11-9-24-39(41)47(34-18-5-2-6-19-34)40-25-10-12-27-42(40)48;1-3-13-29(14-4-1)31-25-26-40-39(28-31)44-34(23-12-24-41(44)45-40)32-17-11-18-33(27-32)43-37-21-9-7-19-35(37)42(30-15-5-2-6-16-30)36-20-8-10-22-38(36)43/h1-30H;1-32H;1-28H/i1D,2D,3D,13D,14D;2D,5D,6D,18D,19D;2D,5D,6D,15D,16D. The minimum absolute atomic E-state index is 0.194. The molecule has 26 aromatic carbocycles. The van der Waals surface area contributed by atoms with Crippen molar-refractivity contribution in [1.82, 2.24) is 0 Å². The fourth-order valence-corrected chi connectivity index (χ4v) is 22.8. The fraction of sp³-hybridized carbons (Fsp3) is 0. The summed E-state index contributed by atoms with van der Waals surface area (Å²) in [6.07, 6.45) is 0. The Morgan fingerprint density at radius 1 is 0.115 bits per heavy atom. The normalized spacial score (nSPS) is 13.1. The molecule has 0 saturated heterocycles. The van der Waals surface area contributed by atoms with Crippen molar-refractivity contribution in [2.75, 3.05) is 0 Å². The summed E-state index contributed by atoms with van der Waals surface area (Å²) in [7, 11) is 0. The molecule has 0 radical (unpaired) electrons. The van der Waals surface area contributed by atoms with E-state index in [1.807, 2.05) is 200 Å². The average Bonchev–Trinajstić information content (AvgIpc) is 1.26. The van der Waals surface area contributed by atoms with Crippen molar-refractivity contribution in [2.24, 2.45) is 0 Å². The van der Waals surface area contributed by atoms with Crippen molar-refractivity contribution < 1.29 is 38.2 Å². The minimum Gasteiger partial charge on any atom is -0.456 e. The highest BCUT2D eigenvalue weighted by Crippen LogP contribution is 2.54. The van der Waals surface area contributed by atoms with Crippen LogP contribution in [0.3, 0.4) is 0 Å². The van der Waals surface area contributed by atoms with E-state index in [0.29, 0.717) is 16.7 Å². The van der Waals surface area contributed by atoms with Gasteiger partial charge in [0.25, 0.3) is 0 Å². The van der Waals surface area contributed by atoms with Gasteiger partial charge in [-0.05, 0) is 283 Å². The van der Waals surface area contributed by atoms with Gasteiger partial charge < -0.3 is 17.7 Å². The van der Waals surface area contributed by atoms with Gasteiger partial charge in [0.15, 0.2) is 0 Å². The molecular weight excluding hydrogens is 1790 g/mol. The summed E-state index contributed by atoms with van der Waals surface area (Å²) in [4.78, 5) is 0. The third kappa shape index (κ3) is 14.8. The Balaban J connectivity index is 0.000000115. The monoisotopic (exact) mass is 1900 g/mol. The third-order valence-electron chi connectivity index (χ3n) is 29.1. The Kier molecular flexibility index (Phi) is 17.7. The molecule has 0 bridgehead atoms. The Hall–Kier alpha value is -19.5. The highest BCUT2D eigenvalue weighted by atomic mass is 16.3. The van der Waals surface area contributed by atoms with Gasteiger partial charge in [-0.3, -0.25) is 0 Å². The molecule has 0 fully saturated rings. The summed E-state index contributed by atoms with van der Waals surface area (Å²) in [5.74, 6) is 0. The van der Waals surface area contributed by atoms with Crippen LogP contribution >= 0.6 is 0 Å². The van der Waals surface area contributed by atoms with Gasteiger partial charge in [0.1, 0.15) is 44.7 Å². The maximum Gasteiger partial charge on any atom is 0.136 e. The van der Waals surface area contributed by atoms with Crippen LogP contribution in [0.5, 0.6) is 0 Å². The molecule has 0 N–H and O–H groups in total. The fourth-order valence-electron chi connectivity index (χ4n) is 22.8. The molecule has 30 aromatic rings. The van der Waals surface area contributed by atoms with E-state index in [2.05, 4.69) is 255 Å². The van der Waals surface area contributed by atoms with E-state index in [9.17, 15) is 0 Å². The number of benzene rings is 26. The first-order chi connectivity index (χ1) is 79.7. The van der Waals surface area contributed by atoms with Crippen LogP contribution in [-0.2, 0) is 0 Å². The van der Waals surface area contributed by atoms with Crippen molar-refractivity contribution in [1.29, 1.82) is 0 Å². The molecule has 4 heterocycles. The summed E-state index contributed by atoms with van der Waals surface area (Å²) < 4.78 is 155. The molecule has 4 aromatic heterocycles. The molecule has 30 rings (SSSR count). The second-order valence-corrected chi connectivity index (χ2v) is 37.3. The van der Waals surface area contributed by atoms with E-state index in [1.54, 1.807) is 0 Å². The van der Waals surface area contributed by atoms with Gasteiger partial charge in [-0.15, -0.1) is 0 Å². The van der Waals surface area contributed by atoms with E-state index < -0.39 is 18.1 Å². The van der Waals surface area contributed by atoms with Crippen LogP contribution in [-0.4, -0.2) is 0 Å². The number of rotatable bonds is 13. The van der Waals surface area contributed by atoms with E-state index in [-0.39, 0.29) is 89.2 Å². The molecule has 690 valence electrons. The van der Waals surface area contributed by atoms with Gasteiger partial charge in [0.05, 0.1) is 20.6 Å². The molecular formula is C144H90O4. The predicted octanol–water partition coefficient (Wildman–Crippen LogP) is 41.2. The van der Waals surface area contributed by atoms with Crippen LogP contribution in [0.2, 0.25) is 0 Å². The average molecular weight is 1900 g/mol. The number of para-hydroxylation sites is 3. The van der Waals surface area contributed by atoms with Crippen LogP contribution in [0.1, 0.15) is 20.6 Å². The molecule has 4 heteroatoms. The second kappa shape index (κ2) is 36.5. The minimum atomic E-state index is -0.409. The van der Waals surface area contributed by atoms with Crippen molar-refractivity contribution >= 4 is 152 Å². The number of fused-ring (bicyclic) bond motifs is 18. The first kappa shape index (κ1) is 71.8. The molecule has 0 aliphatic rings. The quantitative estimate of drug-likeness (QED) is 0.108. The largest absolute Gasteiger partial charge is 0.456 e. The molecule has 0 aliphatic heterocycles. The van der Waals surface area contributed by atoms with E-state index >= 15 is 0 Å². The highest BCUT2D eigenvalue weighted by Gasteiger charge is 2.28. The summed E-state index contributed by atoms with van der Waals surface area (Å²) in [6, 6.07) is 150. The lowest BCUT2D eigenvalue weighted by Gasteiger charge is -2.19. The first-order valence-electron chi connectivity index (χ1n) is 57.0. The third-order valence-corrected chi connectivity index (χ3v) is 29.1. The molecule has 0 spiro atoms. The first-order valence-corrected chi connectivity index (χ1v) is 49.5. The molecule has 0 aliphatic carbocycles. The van der Waals surface area contributed by atoms with Crippen molar-refractivity contribution in [2.45, 2.75) is 0 Å². The van der Waals surface area contributed by atoms with Crippen LogP contribution in [0, 0.1) is 0 Å². The molecule has 148 heavy (non-hydrogen) atoms. The van der Waals surface area contributed by atoms with Gasteiger partial charge in [0.2, 0.25) is 0 Å². The summed E-state index contributed by atoms with van der Waals surface area (Å²) in [5.41, 5.74) is 30.2. The second-order valence-electron chi connectivity index (χ2n) is 37.3. The van der Waals surface area contributed by atoms with Crippen molar-refractivity contribution in [3.05, 3.63) is 546 Å². The lowest BCUT2D eigenvalue weighted by Crippen LogP contribution is -1.92. The topological polar surface area (TPSA) is 52.6 Å². The zero-order chi connectivity index (χ0) is 111. The van der Waals surface area contributed by atoms with E-state index in [4.69, 9.17) is 38.2 Å². The molecule has 0 unspecified atom stereocenters. The van der Waals surface area contributed by atoms with E-state index in [0.717, 1.165) is 264 Å². The smallest absolute Gasteiger partial charge is 0.136 e. The molecule has 0 saturated carbocycles. The predicted molar refractivity (Wildman–Crippen MR) is 624 cm³/mol. The SMILES string of the molecule is [2H]c1c([2H])c([2H])c(-c2c3ccccc3c(-c3cccc(-c4c(-c5ccc6oc7ccccc7c6c5)ccc5oc6ccccc6c45)c3)c3ccccc23)c([2H])c1[2H].[2H]c1c([2H])c([2H])c(-c2c3ccccc3c(-c3cccc(-c4c(-c5ccccc5-c5ccccc5)ccc5oc6ccccc6c45)c3)c3ccccc23)c([2H])c1[2H].[2H]c1c([2H])c([2H])c(-c2c3ccccc3c(-c3cccc(-c4cccc5oc6ccc(-c7ccccc7)cc6c45)c3)c3ccccc23)c([2H])c1[2H]. The lowest BCUT2D eigenvalue weighted by molar-refractivity contribution is 0.668. The summed E-state index contributed by atoms with van der Waals surface area (Å²) >= 11 is 0. The van der Waals surface area contributed by atoms with Crippen LogP contribution in [0.15, 0.2) is 563 Å². The number of hydrogen-bond donors (Lipinski definition) is 0. The van der Waals surface area contributed by atoms with Gasteiger partial charge in [-0.2, -0.15) is 0 Å². The van der Waals surface area contributed by atoms with Gasteiger partial charge in [-0.25, -0.2) is 0 Å². The molecule has 0 amide bonds. The zero-order valence-electron chi connectivity index (χ0n) is 94.4.